The van der Waals surface area contributed by atoms with E-state index in [4.69, 9.17) is 18.7 Å². The van der Waals surface area contributed by atoms with Crippen LogP contribution in [0.2, 0.25) is 0 Å². The number of para-hydroxylation sites is 1. The first-order valence-electron chi connectivity index (χ1n) is 7.99. The number of rotatable bonds is 7. The highest BCUT2D eigenvalue weighted by Crippen LogP contribution is 2.31. The second kappa shape index (κ2) is 8.16. The summed E-state index contributed by atoms with van der Waals surface area (Å²) in [6.45, 7) is -0.337. The lowest BCUT2D eigenvalue weighted by Gasteiger charge is -2.07. The van der Waals surface area contributed by atoms with Crippen LogP contribution in [0, 0.1) is 10.1 Å². The lowest BCUT2D eigenvalue weighted by atomic mass is 10.2. The van der Waals surface area contributed by atoms with Gasteiger partial charge in [-0.15, -0.1) is 0 Å². The zero-order valence-electron chi connectivity index (χ0n) is 14.9. The van der Waals surface area contributed by atoms with Crippen molar-refractivity contribution < 1.29 is 28.5 Å². The number of esters is 1. The first-order chi connectivity index (χ1) is 13.5. The minimum absolute atomic E-state index is 0.0276. The third-order valence-electron chi connectivity index (χ3n) is 3.77. The second-order valence-corrected chi connectivity index (χ2v) is 5.43. The average molecular weight is 385 g/mol. The lowest BCUT2D eigenvalue weighted by molar-refractivity contribution is -0.385. The molecule has 0 aliphatic heterocycles. The SMILES string of the molecule is COc1ccc(-c2noc(COC(=O)c3ccccc3[N+](=O)[O-])n2)c(OC)c1. The van der Waals surface area contributed by atoms with Crippen LogP contribution in [-0.2, 0) is 11.3 Å². The molecule has 3 aromatic rings. The smallest absolute Gasteiger partial charge is 0.345 e. The van der Waals surface area contributed by atoms with E-state index in [1.54, 1.807) is 18.2 Å². The van der Waals surface area contributed by atoms with E-state index in [9.17, 15) is 14.9 Å². The molecule has 0 fully saturated rings. The van der Waals surface area contributed by atoms with E-state index in [-0.39, 0.29) is 29.6 Å². The van der Waals surface area contributed by atoms with Crippen LogP contribution >= 0.6 is 0 Å². The molecule has 0 amide bonds. The van der Waals surface area contributed by atoms with Crippen molar-refractivity contribution >= 4 is 11.7 Å². The van der Waals surface area contributed by atoms with Gasteiger partial charge in [-0.05, 0) is 18.2 Å². The summed E-state index contributed by atoms with van der Waals surface area (Å²) >= 11 is 0. The highest BCUT2D eigenvalue weighted by Gasteiger charge is 2.22. The monoisotopic (exact) mass is 385 g/mol. The van der Waals surface area contributed by atoms with Crippen LogP contribution in [0.5, 0.6) is 11.5 Å². The van der Waals surface area contributed by atoms with Crippen LogP contribution in [0.4, 0.5) is 5.69 Å². The van der Waals surface area contributed by atoms with Gasteiger partial charge in [0.05, 0.1) is 24.7 Å². The number of hydrogen-bond donors (Lipinski definition) is 0. The molecule has 28 heavy (non-hydrogen) atoms. The van der Waals surface area contributed by atoms with E-state index in [1.807, 2.05) is 0 Å². The van der Waals surface area contributed by atoms with E-state index in [1.165, 1.54) is 38.5 Å². The summed E-state index contributed by atoms with van der Waals surface area (Å²) in [5.41, 5.74) is 0.0501. The molecule has 0 bridgehead atoms. The molecule has 0 spiro atoms. The number of benzene rings is 2. The predicted molar refractivity (Wildman–Crippen MR) is 95.1 cm³/mol. The van der Waals surface area contributed by atoms with Crippen molar-refractivity contribution in [1.29, 1.82) is 0 Å². The first-order valence-corrected chi connectivity index (χ1v) is 7.99. The summed E-state index contributed by atoms with van der Waals surface area (Å²) in [5.74, 6) is 0.469. The highest BCUT2D eigenvalue weighted by molar-refractivity contribution is 5.93. The molecule has 0 N–H and O–H groups in total. The Balaban J connectivity index is 1.74. The van der Waals surface area contributed by atoms with E-state index in [0.29, 0.717) is 17.1 Å². The maximum atomic E-state index is 12.1. The van der Waals surface area contributed by atoms with Crippen LogP contribution < -0.4 is 9.47 Å². The fourth-order valence-electron chi connectivity index (χ4n) is 2.42. The number of ether oxygens (including phenoxy) is 3. The minimum atomic E-state index is -0.867. The Morgan fingerprint density at radius 2 is 1.96 bits per heavy atom. The molecule has 1 aromatic heterocycles. The Morgan fingerprint density at radius 3 is 2.68 bits per heavy atom. The number of carbonyl (C=O) groups excluding carboxylic acids is 1. The van der Waals surface area contributed by atoms with Crippen molar-refractivity contribution in [1.82, 2.24) is 10.1 Å². The molecule has 1 heterocycles. The third-order valence-corrected chi connectivity index (χ3v) is 3.77. The van der Waals surface area contributed by atoms with Crippen molar-refractivity contribution in [2.24, 2.45) is 0 Å². The average Bonchev–Trinajstić information content (AvgIpc) is 3.20. The van der Waals surface area contributed by atoms with Gasteiger partial charge in [0.1, 0.15) is 17.1 Å². The second-order valence-electron chi connectivity index (χ2n) is 5.43. The van der Waals surface area contributed by atoms with Crippen molar-refractivity contribution in [3.8, 4) is 22.9 Å². The van der Waals surface area contributed by atoms with Gasteiger partial charge in [-0.2, -0.15) is 4.98 Å². The van der Waals surface area contributed by atoms with Crippen molar-refractivity contribution in [2.45, 2.75) is 6.61 Å². The topological polar surface area (TPSA) is 127 Å². The number of methoxy groups -OCH3 is 2. The molecule has 0 radical (unpaired) electrons. The maximum Gasteiger partial charge on any atom is 0.345 e. The van der Waals surface area contributed by atoms with Crippen molar-refractivity contribution in [3.63, 3.8) is 0 Å². The molecule has 0 unspecified atom stereocenters. The number of nitro groups is 1. The standard InChI is InChI=1S/C18H15N3O7/c1-25-11-7-8-13(15(9-11)26-2)17-19-16(28-20-17)10-27-18(22)12-5-3-4-6-14(12)21(23)24/h3-9H,10H2,1-2H3. The quantitative estimate of drug-likeness (QED) is 0.342. The Labute approximate surface area is 158 Å². The summed E-state index contributed by atoms with van der Waals surface area (Å²) in [7, 11) is 3.03. The maximum absolute atomic E-state index is 12.1. The van der Waals surface area contributed by atoms with Gasteiger partial charge in [0, 0.05) is 12.1 Å². The van der Waals surface area contributed by atoms with Gasteiger partial charge in [0.25, 0.3) is 11.6 Å². The fraction of sp³-hybridized carbons (Fsp3) is 0.167. The normalized spacial score (nSPS) is 10.4. The zero-order chi connectivity index (χ0) is 20.1. The lowest BCUT2D eigenvalue weighted by Crippen LogP contribution is -2.08. The zero-order valence-corrected chi connectivity index (χ0v) is 14.9. The van der Waals surface area contributed by atoms with Crippen LogP contribution in [0.1, 0.15) is 16.2 Å². The van der Waals surface area contributed by atoms with Crippen LogP contribution in [0.25, 0.3) is 11.4 Å². The third kappa shape index (κ3) is 3.90. The van der Waals surface area contributed by atoms with E-state index < -0.39 is 10.9 Å². The van der Waals surface area contributed by atoms with E-state index >= 15 is 0 Å². The molecule has 3 rings (SSSR count). The van der Waals surface area contributed by atoms with Gasteiger partial charge in [-0.1, -0.05) is 17.3 Å². The molecule has 0 aliphatic rings. The number of hydrogen-bond acceptors (Lipinski definition) is 9. The number of aromatic nitrogens is 2. The summed E-state index contributed by atoms with van der Waals surface area (Å²) in [5, 5.41) is 14.8. The van der Waals surface area contributed by atoms with Crippen LogP contribution in [0.3, 0.4) is 0 Å². The Kier molecular flexibility index (Phi) is 5.49. The van der Waals surface area contributed by atoms with E-state index in [2.05, 4.69) is 10.1 Å². The van der Waals surface area contributed by atoms with Crippen LogP contribution in [0.15, 0.2) is 47.0 Å². The molecule has 0 aliphatic carbocycles. The van der Waals surface area contributed by atoms with E-state index in [0.717, 1.165) is 0 Å². The van der Waals surface area contributed by atoms with Crippen molar-refractivity contribution in [2.75, 3.05) is 14.2 Å². The molecule has 10 heteroatoms. The van der Waals surface area contributed by atoms with Gasteiger partial charge in [0.2, 0.25) is 5.82 Å². The summed E-state index contributed by atoms with van der Waals surface area (Å²) in [4.78, 5) is 26.6. The molecule has 0 saturated carbocycles. The molecule has 10 nitrogen and oxygen atoms in total. The van der Waals surface area contributed by atoms with Gasteiger partial charge in [0.15, 0.2) is 6.61 Å². The van der Waals surface area contributed by atoms with Gasteiger partial charge >= 0.3 is 5.97 Å². The highest BCUT2D eigenvalue weighted by atomic mass is 16.6. The fourth-order valence-corrected chi connectivity index (χ4v) is 2.42. The van der Waals surface area contributed by atoms with Gasteiger partial charge < -0.3 is 18.7 Å². The predicted octanol–water partition coefficient (Wildman–Crippen LogP) is 3.02. The Morgan fingerprint density at radius 1 is 1.18 bits per heavy atom. The number of nitrogens with zero attached hydrogens (tertiary/aromatic N) is 3. The number of nitro benzene ring substituents is 1. The first kappa shape index (κ1) is 18.8. The van der Waals surface area contributed by atoms with Crippen LogP contribution in [-0.4, -0.2) is 35.3 Å². The molecule has 2 aromatic carbocycles. The number of carbonyl (C=O) groups is 1. The Hall–Kier alpha value is -3.95. The summed E-state index contributed by atoms with van der Waals surface area (Å²) in [6.07, 6.45) is 0. The summed E-state index contributed by atoms with van der Waals surface area (Å²) < 4.78 is 20.6. The molecule has 0 atom stereocenters. The summed E-state index contributed by atoms with van der Waals surface area (Å²) in [6, 6.07) is 10.6. The molecular weight excluding hydrogens is 370 g/mol. The largest absolute Gasteiger partial charge is 0.497 e. The van der Waals surface area contributed by atoms with Gasteiger partial charge in [-0.3, -0.25) is 10.1 Å². The molecular formula is C18H15N3O7. The Bertz CT molecular complexity index is 1020. The van der Waals surface area contributed by atoms with Gasteiger partial charge in [-0.25, -0.2) is 4.79 Å². The molecule has 0 saturated heterocycles. The molecule has 144 valence electrons. The van der Waals surface area contributed by atoms with Crippen molar-refractivity contribution in [3.05, 3.63) is 64.0 Å². The minimum Gasteiger partial charge on any atom is -0.497 e.